The van der Waals surface area contributed by atoms with Crippen molar-refractivity contribution in [3.05, 3.63) is 86.3 Å². The van der Waals surface area contributed by atoms with Crippen LogP contribution in [-0.4, -0.2) is 16.9 Å². The van der Waals surface area contributed by atoms with E-state index in [1.165, 1.54) is 24.3 Å². The minimum absolute atomic E-state index is 0.297. The minimum Gasteiger partial charge on any atom is -0.506 e. The fraction of sp³-hybridized carbons (Fsp3) is 0.0476. The number of carbonyl (C=O) groups excluding carboxylic acids is 2. The average Bonchev–Trinajstić information content (AvgIpc) is 2.70. The summed E-state index contributed by atoms with van der Waals surface area (Å²) < 4.78 is 41.7. The van der Waals surface area contributed by atoms with Crippen molar-refractivity contribution in [3.63, 3.8) is 0 Å². The predicted molar refractivity (Wildman–Crippen MR) is 117 cm³/mol. The van der Waals surface area contributed by atoms with Gasteiger partial charge in [0.25, 0.3) is 11.8 Å². The smallest absolute Gasteiger partial charge is 0.416 e. The number of anilines is 2. The van der Waals surface area contributed by atoms with Crippen LogP contribution in [0, 0.1) is 0 Å². The molecule has 0 saturated heterocycles. The molecule has 0 aromatic heterocycles. The summed E-state index contributed by atoms with van der Waals surface area (Å²) in [6.45, 7) is 0. The van der Waals surface area contributed by atoms with Crippen LogP contribution in [0.5, 0.6) is 5.75 Å². The zero-order valence-corrected chi connectivity index (χ0v) is 18.6. The van der Waals surface area contributed by atoms with Crippen LogP contribution in [-0.2, 0) is 6.18 Å². The van der Waals surface area contributed by atoms with Crippen LogP contribution in [0.3, 0.4) is 0 Å². The lowest BCUT2D eigenvalue weighted by Crippen LogP contribution is -2.19. The first kappa shape index (κ1) is 22.8. The summed E-state index contributed by atoms with van der Waals surface area (Å²) in [7, 11) is 0. The van der Waals surface area contributed by atoms with Gasteiger partial charge in [-0.25, -0.2) is 0 Å². The number of rotatable bonds is 4. The molecule has 0 radical (unpaired) electrons. The molecule has 0 atom stereocenters. The van der Waals surface area contributed by atoms with Gasteiger partial charge in [0.05, 0.1) is 16.7 Å². The van der Waals surface area contributed by atoms with E-state index in [9.17, 15) is 27.9 Å². The topological polar surface area (TPSA) is 78.4 Å². The fourth-order valence-corrected chi connectivity index (χ4v) is 3.14. The number of nitrogens with one attached hydrogen (secondary N) is 2. The quantitative estimate of drug-likeness (QED) is 0.345. The second kappa shape index (κ2) is 9.11. The summed E-state index contributed by atoms with van der Waals surface area (Å²) in [5.41, 5.74) is -2.01. The van der Waals surface area contributed by atoms with Gasteiger partial charge in [0, 0.05) is 20.3 Å². The standard InChI is InChI=1S/C21H13Br2F3N2O3/c22-12-1-5-14(6-2-12)27-19(30)16-9-11(21(24,25)26)10-17(18(16)29)20(31)28-15-7-3-13(23)4-8-15/h1-10,29H,(H,27,30)(H,28,31). The van der Waals surface area contributed by atoms with Crippen molar-refractivity contribution >= 4 is 55.0 Å². The highest BCUT2D eigenvalue weighted by Gasteiger charge is 2.34. The maximum absolute atomic E-state index is 13.4. The molecular weight excluding hydrogens is 545 g/mol. The van der Waals surface area contributed by atoms with E-state index in [2.05, 4.69) is 42.5 Å². The van der Waals surface area contributed by atoms with Gasteiger partial charge in [-0.3, -0.25) is 9.59 Å². The molecule has 160 valence electrons. The van der Waals surface area contributed by atoms with E-state index in [-0.39, 0.29) is 0 Å². The number of hydrogen-bond donors (Lipinski definition) is 3. The van der Waals surface area contributed by atoms with Crippen molar-refractivity contribution in [1.29, 1.82) is 0 Å². The molecule has 31 heavy (non-hydrogen) atoms. The number of phenols is 1. The van der Waals surface area contributed by atoms with Gasteiger partial charge in [0.1, 0.15) is 5.75 Å². The van der Waals surface area contributed by atoms with Crippen molar-refractivity contribution in [1.82, 2.24) is 0 Å². The Morgan fingerprint density at radius 3 is 1.42 bits per heavy atom. The van der Waals surface area contributed by atoms with Crippen LogP contribution in [0.25, 0.3) is 0 Å². The number of hydrogen-bond acceptors (Lipinski definition) is 3. The Morgan fingerprint density at radius 1 is 0.742 bits per heavy atom. The molecule has 0 aliphatic rings. The molecule has 5 nitrogen and oxygen atoms in total. The fourth-order valence-electron chi connectivity index (χ4n) is 2.61. The van der Waals surface area contributed by atoms with E-state index in [1.54, 1.807) is 24.3 Å². The average molecular weight is 558 g/mol. The summed E-state index contributed by atoms with van der Waals surface area (Å²) in [6, 6.07) is 13.6. The first-order valence-electron chi connectivity index (χ1n) is 8.62. The Bertz CT molecular complexity index is 1050. The van der Waals surface area contributed by atoms with Crippen molar-refractivity contribution in [2.75, 3.05) is 10.6 Å². The number of phenolic OH excluding ortho intramolecular Hbond substituents is 1. The first-order valence-corrected chi connectivity index (χ1v) is 10.2. The van der Waals surface area contributed by atoms with Gasteiger partial charge >= 0.3 is 6.18 Å². The third-order valence-corrected chi connectivity index (χ3v) is 5.19. The monoisotopic (exact) mass is 556 g/mol. The Morgan fingerprint density at radius 2 is 1.10 bits per heavy atom. The molecule has 0 aliphatic carbocycles. The first-order chi connectivity index (χ1) is 14.5. The zero-order chi connectivity index (χ0) is 22.8. The number of carbonyl (C=O) groups is 2. The van der Waals surface area contributed by atoms with Crippen molar-refractivity contribution in [2.45, 2.75) is 6.18 Å². The maximum atomic E-state index is 13.4. The van der Waals surface area contributed by atoms with Crippen LogP contribution < -0.4 is 10.6 Å². The molecule has 0 saturated carbocycles. The molecule has 3 aromatic carbocycles. The molecule has 0 bridgehead atoms. The van der Waals surface area contributed by atoms with E-state index >= 15 is 0 Å². The largest absolute Gasteiger partial charge is 0.506 e. The highest BCUT2D eigenvalue weighted by atomic mass is 79.9. The Balaban J connectivity index is 1.98. The Labute approximate surface area is 191 Å². The molecule has 3 N–H and O–H groups in total. The Hall–Kier alpha value is -2.85. The zero-order valence-electron chi connectivity index (χ0n) is 15.4. The van der Waals surface area contributed by atoms with Gasteiger partial charge in [0.15, 0.2) is 0 Å². The molecule has 2 amide bonds. The summed E-state index contributed by atoms with van der Waals surface area (Å²) in [6.07, 6.45) is -4.84. The second-order valence-electron chi connectivity index (χ2n) is 6.34. The van der Waals surface area contributed by atoms with Crippen molar-refractivity contribution < 1.29 is 27.9 Å². The summed E-state index contributed by atoms with van der Waals surface area (Å²) in [4.78, 5) is 25.2. The molecule has 0 heterocycles. The van der Waals surface area contributed by atoms with E-state index in [0.717, 1.165) is 8.95 Å². The number of alkyl halides is 3. The summed E-state index contributed by atoms with van der Waals surface area (Å²) in [5.74, 6) is -2.86. The van der Waals surface area contributed by atoms with Gasteiger partial charge in [-0.1, -0.05) is 31.9 Å². The van der Waals surface area contributed by atoms with E-state index in [4.69, 9.17) is 0 Å². The molecule has 0 unspecified atom stereocenters. The van der Waals surface area contributed by atoms with Crippen molar-refractivity contribution in [2.24, 2.45) is 0 Å². The second-order valence-corrected chi connectivity index (χ2v) is 8.17. The SMILES string of the molecule is O=C(Nc1ccc(Br)cc1)c1cc(C(F)(F)F)cc(C(=O)Nc2ccc(Br)cc2)c1O. The molecule has 0 spiro atoms. The number of amides is 2. The van der Waals surface area contributed by atoms with E-state index in [1.807, 2.05) is 0 Å². The summed E-state index contributed by atoms with van der Waals surface area (Å²) in [5, 5.41) is 15.3. The predicted octanol–water partition coefficient (Wildman–Crippen LogP) is 6.44. The van der Waals surface area contributed by atoms with Gasteiger partial charge in [0.2, 0.25) is 0 Å². The third-order valence-electron chi connectivity index (χ3n) is 4.13. The molecule has 3 rings (SSSR count). The highest BCUT2D eigenvalue weighted by molar-refractivity contribution is 9.10. The van der Waals surface area contributed by atoms with Crippen LogP contribution >= 0.6 is 31.9 Å². The molecule has 0 aliphatic heterocycles. The molecule has 0 fully saturated rings. The lowest BCUT2D eigenvalue weighted by molar-refractivity contribution is -0.137. The third kappa shape index (κ3) is 5.65. The molecule has 3 aromatic rings. The number of halogens is 5. The minimum atomic E-state index is -4.84. The van der Waals surface area contributed by atoms with Gasteiger partial charge < -0.3 is 15.7 Å². The highest BCUT2D eigenvalue weighted by Crippen LogP contribution is 2.35. The maximum Gasteiger partial charge on any atom is 0.416 e. The molecule has 10 heteroatoms. The van der Waals surface area contributed by atoms with Crippen LogP contribution in [0.2, 0.25) is 0 Å². The number of aromatic hydroxyl groups is 1. The van der Waals surface area contributed by atoms with Crippen LogP contribution in [0.1, 0.15) is 26.3 Å². The number of benzene rings is 3. The molecular formula is C21H13Br2F3N2O3. The van der Waals surface area contributed by atoms with Gasteiger partial charge in [-0.05, 0) is 60.7 Å². The van der Waals surface area contributed by atoms with Gasteiger partial charge in [-0.2, -0.15) is 13.2 Å². The lowest BCUT2D eigenvalue weighted by Gasteiger charge is -2.15. The van der Waals surface area contributed by atoms with E-state index < -0.39 is 40.4 Å². The van der Waals surface area contributed by atoms with Crippen molar-refractivity contribution in [3.8, 4) is 5.75 Å². The lowest BCUT2D eigenvalue weighted by atomic mass is 10.0. The van der Waals surface area contributed by atoms with Gasteiger partial charge in [-0.15, -0.1) is 0 Å². The normalized spacial score (nSPS) is 11.1. The van der Waals surface area contributed by atoms with Crippen LogP contribution in [0.15, 0.2) is 69.6 Å². The van der Waals surface area contributed by atoms with E-state index in [0.29, 0.717) is 23.5 Å². The summed E-state index contributed by atoms with van der Waals surface area (Å²) >= 11 is 6.46. The van der Waals surface area contributed by atoms with Crippen LogP contribution in [0.4, 0.5) is 24.5 Å². The Kier molecular flexibility index (Phi) is 6.71.